The van der Waals surface area contributed by atoms with Crippen LogP contribution >= 0.6 is 0 Å². The zero-order valence-electron chi connectivity index (χ0n) is 18.8. The number of ether oxygens (including phenoxy) is 1. The van der Waals surface area contributed by atoms with Crippen molar-refractivity contribution < 1.29 is 34.4 Å². The largest absolute Gasteiger partial charge is 0.508 e. The second-order valence-corrected chi connectivity index (χ2v) is 7.90. The van der Waals surface area contributed by atoms with Gasteiger partial charge in [0, 0.05) is 12.8 Å². The first-order chi connectivity index (χ1) is 16.8. The van der Waals surface area contributed by atoms with Gasteiger partial charge in [-0.15, -0.1) is 0 Å². The Morgan fingerprint density at radius 3 is 1.71 bits per heavy atom. The van der Waals surface area contributed by atoms with Crippen molar-refractivity contribution in [3.05, 3.63) is 95.6 Å². The van der Waals surface area contributed by atoms with Gasteiger partial charge >= 0.3 is 12.1 Å². The highest BCUT2D eigenvalue weighted by molar-refractivity contribution is 5.89. The van der Waals surface area contributed by atoms with Crippen LogP contribution in [0, 0.1) is 0 Å². The number of carboxylic acid groups (broad SMARTS) is 1. The number of hydrogen-bond donors (Lipinski definition) is 5. The third-order valence-electron chi connectivity index (χ3n) is 5.19. The number of carbonyl (C=O) groups excluding carboxylic acids is 2. The molecule has 0 heterocycles. The number of aliphatic carboxylic acids is 1. The van der Waals surface area contributed by atoms with Crippen LogP contribution in [0.15, 0.2) is 78.9 Å². The highest BCUT2D eigenvalue weighted by Gasteiger charge is 2.27. The third-order valence-corrected chi connectivity index (χ3v) is 5.19. The predicted octanol–water partition coefficient (Wildman–Crippen LogP) is 2.75. The summed E-state index contributed by atoms with van der Waals surface area (Å²) in [5.74, 6) is -1.87. The van der Waals surface area contributed by atoms with Crippen molar-refractivity contribution in [1.82, 2.24) is 10.6 Å². The Morgan fingerprint density at radius 2 is 1.20 bits per heavy atom. The van der Waals surface area contributed by atoms with Gasteiger partial charge in [-0.25, -0.2) is 9.59 Å². The molecular weight excluding hydrogens is 452 g/mol. The molecule has 0 spiro atoms. The average molecular weight is 479 g/mol. The lowest BCUT2D eigenvalue weighted by Gasteiger charge is -2.21. The zero-order chi connectivity index (χ0) is 25.2. The smallest absolute Gasteiger partial charge is 0.408 e. The molecule has 9 heteroatoms. The molecule has 0 unspecified atom stereocenters. The molecule has 182 valence electrons. The minimum absolute atomic E-state index is 0.00117. The Hall–Kier alpha value is -4.53. The molecule has 2 amide bonds. The van der Waals surface area contributed by atoms with E-state index in [0.29, 0.717) is 11.1 Å². The Kier molecular flexibility index (Phi) is 8.66. The van der Waals surface area contributed by atoms with Gasteiger partial charge in [-0.3, -0.25) is 4.79 Å². The summed E-state index contributed by atoms with van der Waals surface area (Å²) in [6.07, 6.45) is -0.817. The number of phenolic OH excluding ortho intramolecular Hbond substituents is 2. The Morgan fingerprint density at radius 1 is 0.686 bits per heavy atom. The van der Waals surface area contributed by atoms with E-state index in [1.807, 2.05) is 6.07 Å². The maximum Gasteiger partial charge on any atom is 0.408 e. The van der Waals surface area contributed by atoms with Crippen molar-refractivity contribution in [2.24, 2.45) is 0 Å². The van der Waals surface area contributed by atoms with Crippen LogP contribution in [0.4, 0.5) is 4.79 Å². The lowest BCUT2D eigenvalue weighted by atomic mass is 10.0. The third kappa shape index (κ3) is 8.08. The van der Waals surface area contributed by atoms with E-state index in [4.69, 9.17) is 4.74 Å². The van der Waals surface area contributed by atoms with Crippen LogP contribution in [0.3, 0.4) is 0 Å². The minimum atomic E-state index is -1.27. The fourth-order valence-corrected chi connectivity index (χ4v) is 3.32. The summed E-state index contributed by atoms with van der Waals surface area (Å²) >= 11 is 0. The molecule has 35 heavy (non-hydrogen) atoms. The van der Waals surface area contributed by atoms with Crippen LogP contribution in [-0.2, 0) is 33.8 Å². The highest BCUT2D eigenvalue weighted by atomic mass is 16.5. The topological polar surface area (TPSA) is 145 Å². The van der Waals surface area contributed by atoms with Crippen molar-refractivity contribution in [2.45, 2.75) is 31.5 Å². The van der Waals surface area contributed by atoms with E-state index >= 15 is 0 Å². The van der Waals surface area contributed by atoms with E-state index in [9.17, 15) is 29.7 Å². The van der Waals surface area contributed by atoms with Crippen molar-refractivity contribution in [3.8, 4) is 11.5 Å². The number of alkyl carbamates (subject to hydrolysis) is 1. The van der Waals surface area contributed by atoms with Crippen molar-refractivity contribution in [1.29, 1.82) is 0 Å². The lowest BCUT2D eigenvalue weighted by molar-refractivity contribution is -0.142. The number of hydrogen-bond acceptors (Lipinski definition) is 6. The molecule has 0 bridgehead atoms. The second-order valence-electron chi connectivity index (χ2n) is 7.90. The number of carbonyl (C=O) groups is 3. The minimum Gasteiger partial charge on any atom is -0.508 e. The number of amides is 2. The van der Waals surface area contributed by atoms with Gasteiger partial charge in [0.05, 0.1) is 0 Å². The van der Waals surface area contributed by atoms with Gasteiger partial charge in [-0.05, 0) is 41.0 Å². The molecule has 0 saturated heterocycles. The van der Waals surface area contributed by atoms with Gasteiger partial charge in [-0.2, -0.15) is 0 Å². The first kappa shape index (κ1) is 25.1. The molecular formula is C26H26N2O7. The molecule has 0 saturated carbocycles. The Bertz CT molecular complexity index is 1130. The summed E-state index contributed by atoms with van der Waals surface area (Å²) in [4.78, 5) is 37.3. The van der Waals surface area contributed by atoms with Gasteiger partial charge in [0.25, 0.3) is 0 Å². The SMILES string of the molecule is O=C(N[C@H](Cc1ccc(O)cc1)C(=O)N[C@H](Cc1ccc(O)cc1)C(=O)O)OCc1ccccc1. The number of benzene rings is 3. The molecule has 0 fully saturated rings. The van der Waals surface area contributed by atoms with E-state index < -0.39 is 30.1 Å². The van der Waals surface area contributed by atoms with Crippen LogP contribution < -0.4 is 10.6 Å². The molecule has 2 atom stereocenters. The lowest BCUT2D eigenvalue weighted by Crippen LogP contribution is -2.53. The molecule has 3 rings (SSSR count). The summed E-state index contributed by atoms with van der Waals surface area (Å²) in [5, 5.41) is 33.5. The number of aromatic hydroxyl groups is 2. The molecule has 0 aliphatic rings. The van der Waals surface area contributed by atoms with E-state index in [0.717, 1.165) is 5.56 Å². The quantitative estimate of drug-likeness (QED) is 0.301. The normalized spacial score (nSPS) is 12.2. The maximum absolute atomic E-state index is 13.0. The fraction of sp³-hybridized carbons (Fsp3) is 0.192. The molecule has 0 aliphatic carbocycles. The van der Waals surface area contributed by atoms with E-state index in [-0.39, 0.29) is 30.9 Å². The van der Waals surface area contributed by atoms with Gasteiger partial charge in [0.2, 0.25) is 5.91 Å². The van der Waals surface area contributed by atoms with Gasteiger partial charge in [0.1, 0.15) is 30.2 Å². The summed E-state index contributed by atoms with van der Waals surface area (Å²) in [5.41, 5.74) is 2.00. The summed E-state index contributed by atoms with van der Waals surface area (Å²) < 4.78 is 5.21. The Balaban J connectivity index is 1.70. The summed E-state index contributed by atoms with van der Waals surface area (Å²) in [7, 11) is 0. The number of nitrogens with one attached hydrogen (secondary N) is 2. The van der Waals surface area contributed by atoms with Crippen LogP contribution in [0.1, 0.15) is 16.7 Å². The van der Waals surface area contributed by atoms with Crippen molar-refractivity contribution >= 4 is 18.0 Å². The van der Waals surface area contributed by atoms with Crippen LogP contribution in [0.2, 0.25) is 0 Å². The maximum atomic E-state index is 13.0. The molecule has 0 aliphatic heterocycles. The summed E-state index contributed by atoms with van der Waals surface area (Å²) in [6.45, 7) is -0.00117. The standard InChI is InChI=1S/C26H26N2O7/c29-20-10-6-17(7-11-20)14-22(28-26(34)35-16-19-4-2-1-3-5-19)24(31)27-23(25(32)33)15-18-8-12-21(30)13-9-18/h1-13,22-23,29-30H,14-16H2,(H,27,31)(H,28,34)(H,32,33)/t22-,23-/m1/s1. The van der Waals surface area contributed by atoms with Gasteiger partial charge < -0.3 is 30.7 Å². The van der Waals surface area contributed by atoms with Crippen LogP contribution in [-0.4, -0.2) is 45.4 Å². The molecule has 3 aromatic carbocycles. The van der Waals surface area contributed by atoms with Gasteiger partial charge in [-0.1, -0.05) is 54.6 Å². The molecule has 0 radical (unpaired) electrons. The number of carboxylic acids is 1. The first-order valence-corrected chi connectivity index (χ1v) is 10.9. The van der Waals surface area contributed by atoms with Crippen molar-refractivity contribution in [2.75, 3.05) is 0 Å². The van der Waals surface area contributed by atoms with E-state index in [1.165, 1.54) is 24.3 Å². The molecule has 5 N–H and O–H groups in total. The summed E-state index contributed by atoms with van der Waals surface area (Å²) in [6, 6.07) is 18.7. The van der Waals surface area contributed by atoms with Crippen LogP contribution in [0.5, 0.6) is 11.5 Å². The van der Waals surface area contributed by atoms with Crippen LogP contribution in [0.25, 0.3) is 0 Å². The average Bonchev–Trinajstić information content (AvgIpc) is 2.85. The number of rotatable bonds is 10. The molecule has 9 nitrogen and oxygen atoms in total. The highest BCUT2D eigenvalue weighted by Crippen LogP contribution is 2.14. The van der Waals surface area contributed by atoms with E-state index in [2.05, 4.69) is 10.6 Å². The monoisotopic (exact) mass is 478 g/mol. The van der Waals surface area contributed by atoms with E-state index in [1.54, 1.807) is 48.5 Å². The molecule has 0 aromatic heterocycles. The fourth-order valence-electron chi connectivity index (χ4n) is 3.32. The first-order valence-electron chi connectivity index (χ1n) is 10.9. The Labute approximate surface area is 202 Å². The van der Waals surface area contributed by atoms with Crippen molar-refractivity contribution in [3.63, 3.8) is 0 Å². The second kappa shape index (κ2) is 12.1. The molecule has 3 aromatic rings. The number of phenols is 2. The van der Waals surface area contributed by atoms with Gasteiger partial charge in [0.15, 0.2) is 0 Å². The predicted molar refractivity (Wildman–Crippen MR) is 127 cm³/mol. The zero-order valence-corrected chi connectivity index (χ0v) is 18.8.